The Kier molecular flexibility index (Phi) is 2.78. The van der Waals surface area contributed by atoms with Gasteiger partial charge in [0.2, 0.25) is 0 Å². The SMILES string of the molecule is CC1(c2ccccc2)OOCN1c1ccccc1. The number of para-hydroxylation sites is 1. The van der Waals surface area contributed by atoms with Gasteiger partial charge in [0.15, 0.2) is 12.5 Å². The number of nitrogens with zero attached hydrogens (tertiary/aromatic N) is 1. The predicted octanol–water partition coefficient (Wildman–Crippen LogP) is 3.29. The lowest BCUT2D eigenvalue weighted by molar-refractivity contribution is -0.308. The molecule has 1 aliphatic rings. The van der Waals surface area contributed by atoms with Crippen molar-refractivity contribution in [3.8, 4) is 0 Å². The summed E-state index contributed by atoms with van der Waals surface area (Å²) in [5.41, 5.74) is 1.58. The van der Waals surface area contributed by atoms with Crippen molar-refractivity contribution in [3.63, 3.8) is 0 Å². The second-order valence-corrected chi connectivity index (χ2v) is 4.44. The van der Waals surface area contributed by atoms with E-state index in [0.29, 0.717) is 6.73 Å². The van der Waals surface area contributed by atoms with Crippen LogP contribution in [-0.4, -0.2) is 6.73 Å². The van der Waals surface area contributed by atoms with Crippen LogP contribution in [0.5, 0.6) is 0 Å². The van der Waals surface area contributed by atoms with E-state index in [1.54, 1.807) is 0 Å². The van der Waals surface area contributed by atoms with Crippen molar-refractivity contribution >= 4 is 5.69 Å². The number of anilines is 1. The van der Waals surface area contributed by atoms with Gasteiger partial charge >= 0.3 is 0 Å². The summed E-state index contributed by atoms with van der Waals surface area (Å²) < 4.78 is 0. The highest BCUT2D eigenvalue weighted by Gasteiger charge is 2.41. The lowest BCUT2D eigenvalue weighted by Gasteiger charge is -2.32. The molecule has 0 bridgehead atoms. The maximum Gasteiger partial charge on any atom is 0.200 e. The molecule has 1 saturated heterocycles. The summed E-state index contributed by atoms with van der Waals surface area (Å²) in [5.74, 6) is 0. The molecule has 1 heterocycles. The summed E-state index contributed by atoms with van der Waals surface area (Å²) in [4.78, 5) is 12.8. The molecule has 2 aromatic carbocycles. The van der Waals surface area contributed by atoms with Gasteiger partial charge in [-0.25, -0.2) is 9.78 Å². The minimum absolute atomic E-state index is 0.426. The van der Waals surface area contributed by atoms with Gasteiger partial charge in [-0.05, 0) is 19.1 Å². The largest absolute Gasteiger partial charge is 0.311 e. The Morgan fingerprint density at radius 3 is 2.22 bits per heavy atom. The third-order valence-electron chi connectivity index (χ3n) is 3.30. The van der Waals surface area contributed by atoms with E-state index in [2.05, 4.69) is 17.0 Å². The normalized spacial score (nSPS) is 23.3. The number of benzene rings is 2. The minimum Gasteiger partial charge on any atom is -0.311 e. The summed E-state index contributed by atoms with van der Waals surface area (Å²) in [5, 5.41) is 0. The molecule has 2 aromatic rings. The summed E-state index contributed by atoms with van der Waals surface area (Å²) in [6, 6.07) is 20.2. The average Bonchev–Trinajstić information content (AvgIpc) is 2.84. The van der Waals surface area contributed by atoms with E-state index in [4.69, 9.17) is 9.78 Å². The van der Waals surface area contributed by atoms with Crippen molar-refractivity contribution in [2.24, 2.45) is 0 Å². The smallest absolute Gasteiger partial charge is 0.200 e. The second-order valence-electron chi connectivity index (χ2n) is 4.44. The van der Waals surface area contributed by atoms with Crippen molar-refractivity contribution in [1.82, 2.24) is 0 Å². The Hall–Kier alpha value is -1.84. The molecule has 0 amide bonds. The molecule has 3 nitrogen and oxygen atoms in total. The van der Waals surface area contributed by atoms with E-state index in [0.717, 1.165) is 11.3 Å². The first-order valence-corrected chi connectivity index (χ1v) is 5.99. The summed E-state index contributed by atoms with van der Waals surface area (Å²) >= 11 is 0. The van der Waals surface area contributed by atoms with Gasteiger partial charge in [-0.15, -0.1) is 0 Å². The topological polar surface area (TPSA) is 21.7 Å². The minimum atomic E-state index is -0.581. The van der Waals surface area contributed by atoms with Crippen LogP contribution >= 0.6 is 0 Å². The van der Waals surface area contributed by atoms with Gasteiger partial charge in [0.05, 0.1) is 0 Å². The van der Waals surface area contributed by atoms with Gasteiger partial charge < -0.3 is 4.90 Å². The molecule has 1 atom stereocenters. The van der Waals surface area contributed by atoms with Crippen LogP contribution in [0.2, 0.25) is 0 Å². The highest BCUT2D eigenvalue weighted by molar-refractivity contribution is 5.50. The van der Waals surface area contributed by atoms with Gasteiger partial charge in [-0.3, -0.25) is 0 Å². The van der Waals surface area contributed by atoms with Crippen LogP contribution in [0.15, 0.2) is 60.7 Å². The molecule has 0 saturated carbocycles. The van der Waals surface area contributed by atoms with Crippen molar-refractivity contribution < 1.29 is 9.78 Å². The molecule has 18 heavy (non-hydrogen) atoms. The summed E-state index contributed by atoms with van der Waals surface area (Å²) in [6.07, 6.45) is 0. The first-order valence-electron chi connectivity index (χ1n) is 5.99. The fourth-order valence-corrected chi connectivity index (χ4v) is 2.24. The molecule has 1 unspecified atom stereocenters. The van der Waals surface area contributed by atoms with Crippen LogP contribution in [-0.2, 0) is 15.5 Å². The first kappa shape index (κ1) is 11.3. The molecule has 0 aliphatic carbocycles. The van der Waals surface area contributed by atoms with Gasteiger partial charge in [0.25, 0.3) is 0 Å². The van der Waals surface area contributed by atoms with Crippen molar-refractivity contribution in [2.45, 2.75) is 12.6 Å². The van der Waals surface area contributed by atoms with Crippen LogP contribution < -0.4 is 4.90 Å². The van der Waals surface area contributed by atoms with E-state index in [1.165, 1.54) is 0 Å². The van der Waals surface area contributed by atoms with Gasteiger partial charge in [-0.2, -0.15) is 0 Å². The average molecular weight is 241 g/mol. The standard InChI is InChI=1S/C15H15NO2/c1-15(13-8-4-2-5-9-13)16(12-17-18-15)14-10-6-3-7-11-14/h2-11H,12H2,1H3. The molecule has 0 aromatic heterocycles. The Balaban J connectivity index is 2.01. The van der Waals surface area contributed by atoms with Gasteiger partial charge in [-0.1, -0.05) is 48.5 Å². The maximum atomic E-state index is 5.52. The zero-order valence-electron chi connectivity index (χ0n) is 10.2. The fourth-order valence-electron chi connectivity index (χ4n) is 2.24. The van der Waals surface area contributed by atoms with Crippen LogP contribution in [0.1, 0.15) is 12.5 Å². The Bertz CT molecular complexity index is 515. The van der Waals surface area contributed by atoms with Crippen molar-refractivity contribution in [2.75, 3.05) is 11.6 Å². The quantitative estimate of drug-likeness (QED) is 0.753. The maximum absolute atomic E-state index is 5.52. The third kappa shape index (κ3) is 1.78. The summed E-state index contributed by atoms with van der Waals surface area (Å²) in [7, 11) is 0. The van der Waals surface area contributed by atoms with E-state index in [-0.39, 0.29) is 0 Å². The molecule has 92 valence electrons. The molecule has 0 N–H and O–H groups in total. The lowest BCUT2D eigenvalue weighted by Crippen LogP contribution is -2.39. The number of hydrogen-bond acceptors (Lipinski definition) is 3. The monoisotopic (exact) mass is 241 g/mol. The highest BCUT2D eigenvalue weighted by Crippen LogP contribution is 2.37. The zero-order chi connectivity index (χ0) is 12.4. The van der Waals surface area contributed by atoms with E-state index >= 15 is 0 Å². The van der Waals surface area contributed by atoms with E-state index < -0.39 is 5.72 Å². The van der Waals surface area contributed by atoms with Gasteiger partial charge in [0.1, 0.15) is 0 Å². The highest BCUT2D eigenvalue weighted by atomic mass is 17.2. The fraction of sp³-hybridized carbons (Fsp3) is 0.200. The first-order chi connectivity index (χ1) is 8.81. The Labute approximate surface area is 106 Å². The molecular weight excluding hydrogens is 226 g/mol. The van der Waals surface area contributed by atoms with Crippen molar-refractivity contribution in [1.29, 1.82) is 0 Å². The Morgan fingerprint density at radius 1 is 0.944 bits per heavy atom. The molecule has 0 spiro atoms. The molecule has 0 radical (unpaired) electrons. The lowest BCUT2D eigenvalue weighted by atomic mass is 10.0. The molecule has 3 heteroatoms. The van der Waals surface area contributed by atoms with Crippen LogP contribution in [0, 0.1) is 0 Å². The molecule has 1 fully saturated rings. The number of hydrogen-bond donors (Lipinski definition) is 0. The van der Waals surface area contributed by atoms with E-state index in [1.807, 2.05) is 55.5 Å². The van der Waals surface area contributed by atoms with Crippen LogP contribution in [0.3, 0.4) is 0 Å². The van der Waals surface area contributed by atoms with Gasteiger partial charge in [0, 0.05) is 11.3 Å². The predicted molar refractivity (Wildman–Crippen MR) is 69.8 cm³/mol. The number of rotatable bonds is 2. The third-order valence-corrected chi connectivity index (χ3v) is 3.30. The molecule has 1 aliphatic heterocycles. The van der Waals surface area contributed by atoms with E-state index in [9.17, 15) is 0 Å². The molecular formula is C15H15NO2. The second kappa shape index (κ2) is 4.44. The summed E-state index contributed by atoms with van der Waals surface area (Å²) in [6.45, 7) is 2.44. The van der Waals surface area contributed by atoms with Crippen LogP contribution in [0.25, 0.3) is 0 Å². The Morgan fingerprint density at radius 2 is 1.56 bits per heavy atom. The van der Waals surface area contributed by atoms with Crippen molar-refractivity contribution in [3.05, 3.63) is 66.2 Å². The zero-order valence-corrected chi connectivity index (χ0v) is 10.2. The molecule has 3 rings (SSSR count). The van der Waals surface area contributed by atoms with Crippen LogP contribution in [0.4, 0.5) is 5.69 Å².